The van der Waals surface area contributed by atoms with E-state index in [4.69, 9.17) is 23.2 Å². The fourth-order valence-corrected chi connectivity index (χ4v) is 3.77. The summed E-state index contributed by atoms with van der Waals surface area (Å²) < 4.78 is 1.85. The number of nitrogens with one attached hydrogen (secondary N) is 1. The molecule has 2 heterocycles. The summed E-state index contributed by atoms with van der Waals surface area (Å²) in [5, 5.41) is 12.4. The highest BCUT2D eigenvalue weighted by Crippen LogP contribution is 2.35. The number of halogens is 2. The van der Waals surface area contributed by atoms with Gasteiger partial charge >= 0.3 is 0 Å². The molecule has 4 nitrogen and oxygen atoms in total. The number of nitrogens with zero attached hydrogens (tertiary/aromatic N) is 3. The van der Waals surface area contributed by atoms with Gasteiger partial charge in [0.1, 0.15) is 0 Å². The molecule has 2 aromatic carbocycles. The summed E-state index contributed by atoms with van der Waals surface area (Å²) in [6, 6.07) is 13.6. The van der Waals surface area contributed by atoms with E-state index in [0.29, 0.717) is 15.9 Å². The van der Waals surface area contributed by atoms with Crippen molar-refractivity contribution in [2.75, 3.05) is 5.43 Å². The lowest BCUT2D eigenvalue weighted by molar-refractivity contribution is 0.825. The van der Waals surface area contributed by atoms with Gasteiger partial charge in [-0.25, -0.2) is 4.68 Å². The second-order valence-corrected chi connectivity index (χ2v) is 7.02. The van der Waals surface area contributed by atoms with Crippen LogP contribution in [0.3, 0.4) is 0 Å². The maximum atomic E-state index is 6.33. The van der Waals surface area contributed by atoms with Crippen molar-refractivity contribution in [1.82, 2.24) is 14.9 Å². The number of hydrogen-bond acceptors (Lipinski definition) is 4. The van der Waals surface area contributed by atoms with E-state index < -0.39 is 0 Å². The number of hydrogen-bond donors (Lipinski definition) is 1. The average Bonchev–Trinajstić information content (AvgIpc) is 2.98. The Hall–Kier alpha value is -1.95. The van der Waals surface area contributed by atoms with Crippen LogP contribution in [0.1, 0.15) is 11.1 Å². The third kappa shape index (κ3) is 2.69. The van der Waals surface area contributed by atoms with Crippen molar-refractivity contribution in [3.63, 3.8) is 0 Å². The molecule has 1 aliphatic rings. The lowest BCUT2D eigenvalue weighted by atomic mass is 10.1. The van der Waals surface area contributed by atoms with Crippen molar-refractivity contribution >= 4 is 40.7 Å². The molecule has 0 bridgehead atoms. The highest BCUT2D eigenvalue weighted by Gasteiger charge is 2.21. The number of rotatable bonds is 2. The first kappa shape index (κ1) is 15.6. The van der Waals surface area contributed by atoms with Gasteiger partial charge in [-0.05, 0) is 30.7 Å². The standard InChI is InChI=1S/C17H12Cl2N4S/c1-10-4-2-3-5-12(10)15-9-24-17-21-20-16(23(17)22-15)13-7-6-11(18)8-14(13)19/h2-9,22H,1H3. The third-order valence-corrected chi connectivity index (χ3v) is 5.13. The van der Waals surface area contributed by atoms with E-state index >= 15 is 0 Å². The Morgan fingerprint density at radius 3 is 2.67 bits per heavy atom. The molecule has 3 aromatic rings. The van der Waals surface area contributed by atoms with Gasteiger partial charge < -0.3 is 0 Å². The fourth-order valence-electron chi connectivity index (χ4n) is 2.55. The minimum Gasteiger partial charge on any atom is -0.289 e. The minimum absolute atomic E-state index is 0.538. The predicted octanol–water partition coefficient (Wildman–Crippen LogP) is 5.21. The normalized spacial score (nSPS) is 13.2. The SMILES string of the molecule is Cc1ccccc1C1=CSc2nnc(-c3ccc(Cl)cc3Cl)n2N1. The predicted molar refractivity (Wildman–Crippen MR) is 99.9 cm³/mol. The Balaban J connectivity index is 1.76. The van der Waals surface area contributed by atoms with Crippen molar-refractivity contribution in [2.24, 2.45) is 0 Å². The molecule has 1 aliphatic heterocycles. The molecule has 0 aliphatic carbocycles. The molecule has 0 fully saturated rings. The number of thioether (sulfide) groups is 1. The molecule has 0 spiro atoms. The van der Waals surface area contributed by atoms with Crippen LogP contribution in [0.2, 0.25) is 10.0 Å². The Kier molecular flexibility index (Phi) is 4.00. The maximum absolute atomic E-state index is 6.33. The molecule has 0 atom stereocenters. The number of benzene rings is 2. The first-order chi connectivity index (χ1) is 11.6. The van der Waals surface area contributed by atoms with E-state index in [1.807, 2.05) is 28.3 Å². The van der Waals surface area contributed by atoms with Gasteiger partial charge in [0.15, 0.2) is 5.82 Å². The van der Waals surface area contributed by atoms with Crippen molar-refractivity contribution in [3.8, 4) is 11.4 Å². The zero-order valence-electron chi connectivity index (χ0n) is 12.6. The highest BCUT2D eigenvalue weighted by molar-refractivity contribution is 8.02. The van der Waals surface area contributed by atoms with Gasteiger partial charge in [0, 0.05) is 21.6 Å². The van der Waals surface area contributed by atoms with Crippen LogP contribution in [-0.2, 0) is 0 Å². The average molecular weight is 375 g/mol. The molecule has 7 heteroatoms. The maximum Gasteiger partial charge on any atom is 0.214 e. The quantitative estimate of drug-likeness (QED) is 0.668. The molecule has 1 aromatic heterocycles. The molecule has 0 unspecified atom stereocenters. The van der Waals surface area contributed by atoms with Crippen LogP contribution in [0.5, 0.6) is 0 Å². The van der Waals surface area contributed by atoms with Crippen LogP contribution in [0, 0.1) is 6.92 Å². The summed E-state index contributed by atoms with van der Waals surface area (Å²) in [6.45, 7) is 2.08. The summed E-state index contributed by atoms with van der Waals surface area (Å²) >= 11 is 13.8. The van der Waals surface area contributed by atoms with E-state index in [9.17, 15) is 0 Å². The van der Waals surface area contributed by atoms with Crippen LogP contribution < -0.4 is 5.43 Å². The largest absolute Gasteiger partial charge is 0.289 e. The monoisotopic (exact) mass is 374 g/mol. The summed E-state index contributed by atoms with van der Waals surface area (Å²) in [5.74, 6) is 0.651. The minimum atomic E-state index is 0.538. The van der Waals surface area contributed by atoms with Gasteiger partial charge in [-0.3, -0.25) is 5.43 Å². The number of aryl methyl sites for hydroxylation is 1. The molecule has 0 amide bonds. The Morgan fingerprint density at radius 2 is 1.88 bits per heavy atom. The zero-order valence-corrected chi connectivity index (χ0v) is 15.0. The highest BCUT2D eigenvalue weighted by atomic mass is 35.5. The topological polar surface area (TPSA) is 42.7 Å². The van der Waals surface area contributed by atoms with Crippen molar-refractivity contribution < 1.29 is 0 Å². The fraction of sp³-hybridized carbons (Fsp3) is 0.0588. The molecule has 0 radical (unpaired) electrons. The van der Waals surface area contributed by atoms with E-state index in [2.05, 4.69) is 34.7 Å². The van der Waals surface area contributed by atoms with Gasteiger partial charge in [-0.2, -0.15) is 0 Å². The van der Waals surface area contributed by atoms with Crippen LogP contribution in [0.4, 0.5) is 0 Å². The van der Waals surface area contributed by atoms with Crippen molar-refractivity contribution in [2.45, 2.75) is 12.1 Å². The molecule has 4 rings (SSSR count). The van der Waals surface area contributed by atoms with Gasteiger partial charge in [-0.1, -0.05) is 59.2 Å². The number of fused-ring (bicyclic) bond motifs is 1. The lowest BCUT2D eigenvalue weighted by Crippen LogP contribution is -2.18. The summed E-state index contributed by atoms with van der Waals surface area (Å²) in [7, 11) is 0. The first-order valence-electron chi connectivity index (χ1n) is 7.24. The molecule has 24 heavy (non-hydrogen) atoms. The second kappa shape index (κ2) is 6.16. The number of aromatic nitrogens is 3. The smallest absolute Gasteiger partial charge is 0.214 e. The van der Waals surface area contributed by atoms with Crippen LogP contribution in [-0.4, -0.2) is 14.9 Å². The second-order valence-electron chi connectivity index (χ2n) is 5.34. The van der Waals surface area contributed by atoms with E-state index in [-0.39, 0.29) is 0 Å². The lowest BCUT2D eigenvalue weighted by Gasteiger charge is -2.20. The van der Waals surface area contributed by atoms with Crippen LogP contribution in [0.25, 0.3) is 17.1 Å². The summed E-state index contributed by atoms with van der Waals surface area (Å²) in [4.78, 5) is 0. The third-order valence-electron chi connectivity index (χ3n) is 3.76. The van der Waals surface area contributed by atoms with Crippen LogP contribution >= 0.6 is 35.0 Å². The van der Waals surface area contributed by atoms with E-state index in [1.54, 1.807) is 12.1 Å². The van der Waals surface area contributed by atoms with Gasteiger partial charge in [0.05, 0.1) is 10.7 Å². The molecule has 120 valence electrons. The van der Waals surface area contributed by atoms with Gasteiger partial charge in [0.2, 0.25) is 5.16 Å². The first-order valence-corrected chi connectivity index (χ1v) is 8.88. The Morgan fingerprint density at radius 1 is 1.04 bits per heavy atom. The molecule has 0 saturated carbocycles. The molecule has 1 N–H and O–H groups in total. The Bertz CT molecular complexity index is 965. The molecular formula is C17H12Cl2N4S. The summed E-state index contributed by atoms with van der Waals surface area (Å²) in [5.41, 5.74) is 7.49. The van der Waals surface area contributed by atoms with Gasteiger partial charge in [-0.15, -0.1) is 10.2 Å². The van der Waals surface area contributed by atoms with E-state index in [1.165, 1.54) is 17.3 Å². The molecule has 0 saturated heterocycles. The zero-order chi connectivity index (χ0) is 16.7. The molecular weight excluding hydrogens is 363 g/mol. The van der Waals surface area contributed by atoms with Crippen molar-refractivity contribution in [3.05, 3.63) is 69.0 Å². The summed E-state index contributed by atoms with van der Waals surface area (Å²) in [6.07, 6.45) is 0. The van der Waals surface area contributed by atoms with E-state index in [0.717, 1.165) is 22.0 Å². The van der Waals surface area contributed by atoms with Crippen LogP contribution in [0.15, 0.2) is 53.0 Å². The van der Waals surface area contributed by atoms with Crippen molar-refractivity contribution in [1.29, 1.82) is 0 Å². The Labute approximate surface area is 153 Å². The van der Waals surface area contributed by atoms with Gasteiger partial charge in [0.25, 0.3) is 0 Å².